The van der Waals surface area contributed by atoms with Gasteiger partial charge in [0.15, 0.2) is 5.82 Å². The van der Waals surface area contributed by atoms with Crippen LogP contribution in [0.5, 0.6) is 0 Å². The van der Waals surface area contributed by atoms with Gasteiger partial charge in [-0.15, -0.1) is 0 Å². The number of amides is 1. The van der Waals surface area contributed by atoms with E-state index in [0.29, 0.717) is 23.8 Å². The van der Waals surface area contributed by atoms with Crippen molar-refractivity contribution >= 4 is 17.6 Å². The maximum Gasteiger partial charge on any atom is 0.325 e. The summed E-state index contributed by atoms with van der Waals surface area (Å²) < 4.78 is 6.11. The first kappa shape index (κ1) is 13.7. The second kappa shape index (κ2) is 5.95. The summed E-state index contributed by atoms with van der Waals surface area (Å²) in [7, 11) is 0. The Morgan fingerprint density at radius 2 is 2.30 bits per heavy atom. The average molecular weight is 279 g/mol. The van der Waals surface area contributed by atoms with E-state index in [2.05, 4.69) is 20.6 Å². The van der Waals surface area contributed by atoms with Gasteiger partial charge in [-0.05, 0) is 6.92 Å². The second-order valence-corrected chi connectivity index (χ2v) is 4.10. The van der Waals surface area contributed by atoms with Gasteiger partial charge in [0.05, 0.1) is 11.9 Å². The van der Waals surface area contributed by atoms with Crippen LogP contribution in [0.1, 0.15) is 18.1 Å². The van der Waals surface area contributed by atoms with Gasteiger partial charge in [0.25, 0.3) is 0 Å². The van der Waals surface area contributed by atoms with E-state index in [1.807, 2.05) is 0 Å². The number of aliphatic carboxylic acids is 1. The molecule has 0 aliphatic rings. The molecule has 0 radical (unpaired) electrons. The van der Waals surface area contributed by atoms with Crippen LogP contribution in [0.4, 0.5) is 5.69 Å². The molecule has 2 rings (SSSR count). The number of nitrogens with zero attached hydrogens (tertiary/aromatic N) is 4. The van der Waals surface area contributed by atoms with Crippen molar-refractivity contribution in [3.05, 3.63) is 24.1 Å². The minimum Gasteiger partial charge on any atom is -0.480 e. The molecular formula is C11H13N5O4. The Morgan fingerprint density at radius 3 is 2.95 bits per heavy atom. The first-order chi connectivity index (χ1) is 9.52. The van der Waals surface area contributed by atoms with E-state index in [9.17, 15) is 9.59 Å². The largest absolute Gasteiger partial charge is 0.480 e. The van der Waals surface area contributed by atoms with E-state index >= 15 is 0 Å². The van der Waals surface area contributed by atoms with Crippen LogP contribution in [0.3, 0.4) is 0 Å². The van der Waals surface area contributed by atoms with Gasteiger partial charge >= 0.3 is 5.97 Å². The molecule has 0 fully saturated rings. The van der Waals surface area contributed by atoms with Gasteiger partial charge in [0.1, 0.15) is 6.54 Å². The number of hydrogen-bond donors (Lipinski definition) is 2. The van der Waals surface area contributed by atoms with Crippen LogP contribution < -0.4 is 5.32 Å². The van der Waals surface area contributed by atoms with Crippen LogP contribution in [0, 0.1) is 6.92 Å². The Morgan fingerprint density at radius 1 is 1.50 bits per heavy atom. The number of carbonyl (C=O) groups excluding carboxylic acids is 1. The quantitative estimate of drug-likeness (QED) is 0.775. The van der Waals surface area contributed by atoms with Crippen molar-refractivity contribution < 1.29 is 19.2 Å². The number of rotatable bonds is 6. The van der Waals surface area contributed by atoms with E-state index in [-0.39, 0.29) is 18.9 Å². The Balaban J connectivity index is 1.82. The molecule has 2 heterocycles. The lowest BCUT2D eigenvalue weighted by atomic mass is 10.3. The van der Waals surface area contributed by atoms with Crippen LogP contribution in [-0.2, 0) is 22.6 Å². The minimum atomic E-state index is -1.00. The zero-order valence-electron chi connectivity index (χ0n) is 10.7. The van der Waals surface area contributed by atoms with Gasteiger partial charge in [-0.25, -0.2) is 0 Å². The molecule has 0 saturated carbocycles. The van der Waals surface area contributed by atoms with Gasteiger partial charge in [0, 0.05) is 19.0 Å². The average Bonchev–Trinajstić information content (AvgIpc) is 2.95. The predicted molar refractivity (Wildman–Crippen MR) is 65.8 cm³/mol. The van der Waals surface area contributed by atoms with E-state index in [4.69, 9.17) is 9.63 Å². The summed E-state index contributed by atoms with van der Waals surface area (Å²) in [5.41, 5.74) is 0.443. The summed E-state index contributed by atoms with van der Waals surface area (Å²) in [6.07, 6.45) is 3.36. The van der Waals surface area contributed by atoms with Crippen LogP contribution in [0.2, 0.25) is 0 Å². The summed E-state index contributed by atoms with van der Waals surface area (Å²) in [5.74, 6) is -0.317. The number of carboxylic acids is 1. The molecule has 1 amide bonds. The van der Waals surface area contributed by atoms with Crippen LogP contribution in [-0.4, -0.2) is 36.9 Å². The number of nitrogens with one attached hydrogen (secondary N) is 1. The summed E-state index contributed by atoms with van der Waals surface area (Å²) >= 11 is 0. The second-order valence-electron chi connectivity index (χ2n) is 4.10. The summed E-state index contributed by atoms with van der Waals surface area (Å²) in [4.78, 5) is 26.1. The highest BCUT2D eigenvalue weighted by molar-refractivity contribution is 5.90. The molecule has 0 atom stereocenters. The first-order valence-corrected chi connectivity index (χ1v) is 5.86. The molecule has 9 nitrogen and oxygen atoms in total. The third-order valence-corrected chi connectivity index (χ3v) is 2.35. The molecule has 0 aromatic carbocycles. The molecule has 2 aromatic rings. The van der Waals surface area contributed by atoms with Crippen molar-refractivity contribution in [2.45, 2.75) is 26.3 Å². The van der Waals surface area contributed by atoms with Crippen LogP contribution in [0.15, 0.2) is 16.9 Å². The standard InChI is InChI=1S/C11H13N5O4/c1-7-13-10(20-15-7)3-2-9(17)14-8-4-12-16(5-8)6-11(18)19/h4-5H,2-3,6H2,1H3,(H,14,17)(H,18,19). The van der Waals surface area contributed by atoms with E-state index in [0.717, 1.165) is 0 Å². The maximum atomic E-state index is 11.7. The third-order valence-electron chi connectivity index (χ3n) is 2.35. The number of carboxylic acid groups (broad SMARTS) is 1. The highest BCUT2D eigenvalue weighted by atomic mass is 16.5. The molecule has 0 unspecified atom stereocenters. The fraction of sp³-hybridized carbons (Fsp3) is 0.364. The van der Waals surface area contributed by atoms with Crippen LogP contribution in [0.25, 0.3) is 0 Å². The molecule has 9 heteroatoms. The smallest absolute Gasteiger partial charge is 0.325 e. The highest BCUT2D eigenvalue weighted by Crippen LogP contribution is 2.07. The number of hydrogen-bond acceptors (Lipinski definition) is 6. The zero-order valence-corrected chi connectivity index (χ0v) is 10.7. The summed E-state index contributed by atoms with van der Waals surface area (Å²) in [5, 5.41) is 18.6. The van der Waals surface area contributed by atoms with Crippen molar-refractivity contribution in [2.24, 2.45) is 0 Å². The predicted octanol–water partition coefficient (Wildman–Crippen LogP) is 0.230. The Kier molecular flexibility index (Phi) is 4.08. The fourth-order valence-electron chi connectivity index (χ4n) is 1.54. The molecule has 0 aliphatic carbocycles. The molecule has 2 aromatic heterocycles. The molecular weight excluding hydrogens is 266 g/mol. The Hall–Kier alpha value is -2.71. The topological polar surface area (TPSA) is 123 Å². The SMILES string of the molecule is Cc1noc(CCC(=O)Nc2cnn(CC(=O)O)c2)n1. The number of aryl methyl sites for hydroxylation is 2. The van der Waals surface area contributed by atoms with Gasteiger partial charge in [-0.2, -0.15) is 10.1 Å². The zero-order chi connectivity index (χ0) is 14.5. The van der Waals surface area contributed by atoms with Crippen molar-refractivity contribution in [1.82, 2.24) is 19.9 Å². The van der Waals surface area contributed by atoms with Gasteiger partial charge in [-0.3, -0.25) is 14.3 Å². The monoisotopic (exact) mass is 279 g/mol. The normalized spacial score (nSPS) is 10.4. The lowest BCUT2D eigenvalue weighted by Crippen LogP contribution is -2.12. The van der Waals surface area contributed by atoms with E-state index in [1.54, 1.807) is 6.92 Å². The Labute approximate surface area is 113 Å². The molecule has 0 spiro atoms. The van der Waals surface area contributed by atoms with Crippen molar-refractivity contribution in [1.29, 1.82) is 0 Å². The minimum absolute atomic E-state index is 0.186. The van der Waals surface area contributed by atoms with Crippen LogP contribution >= 0.6 is 0 Å². The Bertz CT molecular complexity index is 618. The van der Waals surface area contributed by atoms with Crippen molar-refractivity contribution in [2.75, 3.05) is 5.32 Å². The highest BCUT2D eigenvalue weighted by Gasteiger charge is 2.09. The van der Waals surface area contributed by atoms with Crippen molar-refractivity contribution in [3.8, 4) is 0 Å². The molecule has 20 heavy (non-hydrogen) atoms. The van der Waals surface area contributed by atoms with Gasteiger partial charge < -0.3 is 14.9 Å². The molecule has 2 N–H and O–H groups in total. The number of carbonyl (C=O) groups is 2. The lowest BCUT2D eigenvalue weighted by Gasteiger charge is -2.00. The molecule has 0 aliphatic heterocycles. The summed E-state index contributed by atoms with van der Waals surface area (Å²) in [6.45, 7) is 1.45. The first-order valence-electron chi connectivity index (χ1n) is 5.86. The van der Waals surface area contributed by atoms with Gasteiger partial charge in [0.2, 0.25) is 11.8 Å². The fourth-order valence-corrected chi connectivity index (χ4v) is 1.54. The van der Waals surface area contributed by atoms with E-state index in [1.165, 1.54) is 17.1 Å². The molecule has 0 saturated heterocycles. The summed E-state index contributed by atoms with van der Waals surface area (Å²) in [6, 6.07) is 0. The maximum absolute atomic E-state index is 11.7. The van der Waals surface area contributed by atoms with Gasteiger partial charge in [-0.1, -0.05) is 5.16 Å². The molecule has 106 valence electrons. The molecule has 0 bridgehead atoms. The lowest BCUT2D eigenvalue weighted by molar-refractivity contribution is -0.137. The number of aromatic nitrogens is 4. The van der Waals surface area contributed by atoms with E-state index < -0.39 is 5.97 Å². The number of anilines is 1. The third kappa shape index (κ3) is 3.90. The van der Waals surface area contributed by atoms with Crippen molar-refractivity contribution in [3.63, 3.8) is 0 Å².